The lowest BCUT2D eigenvalue weighted by Crippen LogP contribution is -1.95. The van der Waals surface area contributed by atoms with Crippen molar-refractivity contribution in [1.29, 1.82) is 0 Å². The van der Waals surface area contributed by atoms with Crippen molar-refractivity contribution >= 4 is 29.2 Å². The molecule has 3 rings (SSSR count). The molecule has 0 aliphatic heterocycles. The lowest BCUT2D eigenvalue weighted by Gasteiger charge is -2.00. The van der Waals surface area contributed by atoms with Gasteiger partial charge in [0.25, 0.3) is 0 Å². The van der Waals surface area contributed by atoms with Crippen molar-refractivity contribution in [3.05, 3.63) is 58.1 Å². The van der Waals surface area contributed by atoms with Crippen LogP contribution in [0, 0.1) is 0 Å². The normalized spacial score (nSPS) is 10.6. The lowest BCUT2D eigenvalue weighted by molar-refractivity contribution is 0.0697. The van der Waals surface area contributed by atoms with E-state index in [1.54, 1.807) is 30.3 Å². The van der Waals surface area contributed by atoms with E-state index in [9.17, 15) is 4.79 Å². The molecule has 7 heteroatoms. The van der Waals surface area contributed by atoms with Gasteiger partial charge < -0.3 is 9.52 Å². The molecule has 5 nitrogen and oxygen atoms in total. The third-order valence-electron chi connectivity index (χ3n) is 2.96. The van der Waals surface area contributed by atoms with Crippen molar-refractivity contribution in [2.75, 3.05) is 0 Å². The monoisotopic (exact) mass is 334 g/mol. The largest absolute Gasteiger partial charge is 0.478 e. The summed E-state index contributed by atoms with van der Waals surface area (Å²) in [5.74, 6) is -0.614. The van der Waals surface area contributed by atoms with Gasteiger partial charge in [-0.1, -0.05) is 35.3 Å². The number of hydrogen-bond donors (Lipinski definition) is 1. The zero-order valence-electron chi connectivity index (χ0n) is 11.0. The van der Waals surface area contributed by atoms with Gasteiger partial charge in [0, 0.05) is 5.56 Å². The number of carbonyl (C=O) groups is 1. The molecule has 0 radical (unpaired) electrons. The number of aromatic nitrogens is 2. The first-order valence-electron chi connectivity index (χ1n) is 6.18. The number of rotatable bonds is 3. The quantitative estimate of drug-likeness (QED) is 0.767. The molecular formula is C15H8Cl2N2O3. The van der Waals surface area contributed by atoms with Crippen LogP contribution in [-0.2, 0) is 0 Å². The van der Waals surface area contributed by atoms with Crippen LogP contribution in [0.15, 0.2) is 46.9 Å². The Hall–Kier alpha value is -2.37. The summed E-state index contributed by atoms with van der Waals surface area (Å²) in [4.78, 5) is 11.0. The van der Waals surface area contributed by atoms with E-state index in [2.05, 4.69) is 10.2 Å². The van der Waals surface area contributed by atoms with Gasteiger partial charge in [0.15, 0.2) is 0 Å². The fourth-order valence-corrected chi connectivity index (χ4v) is 2.28. The Labute approximate surface area is 135 Å². The maximum Gasteiger partial charge on any atom is 0.335 e. The Kier molecular flexibility index (Phi) is 3.83. The number of benzene rings is 2. The van der Waals surface area contributed by atoms with Crippen molar-refractivity contribution < 1.29 is 14.3 Å². The van der Waals surface area contributed by atoms with Gasteiger partial charge in [-0.2, -0.15) is 0 Å². The van der Waals surface area contributed by atoms with Crippen molar-refractivity contribution in [2.45, 2.75) is 0 Å². The Morgan fingerprint density at radius 1 is 1.05 bits per heavy atom. The van der Waals surface area contributed by atoms with E-state index in [1.807, 2.05) is 0 Å². The Bertz CT molecular complexity index is 861. The average Bonchev–Trinajstić information content (AvgIpc) is 3.00. The predicted molar refractivity (Wildman–Crippen MR) is 82.1 cm³/mol. The van der Waals surface area contributed by atoms with Crippen LogP contribution in [-0.4, -0.2) is 21.3 Å². The third kappa shape index (κ3) is 2.68. The van der Waals surface area contributed by atoms with Crippen LogP contribution in [0.4, 0.5) is 0 Å². The number of carboxylic acids is 1. The topological polar surface area (TPSA) is 76.2 Å². The molecule has 1 N–H and O–H groups in total. The molecule has 0 atom stereocenters. The number of nitrogens with zero attached hydrogens (tertiary/aromatic N) is 2. The summed E-state index contributed by atoms with van der Waals surface area (Å²) < 4.78 is 5.57. The van der Waals surface area contributed by atoms with Crippen LogP contribution < -0.4 is 0 Å². The molecule has 0 spiro atoms. The Balaban J connectivity index is 2.02. The van der Waals surface area contributed by atoms with E-state index in [0.29, 0.717) is 21.2 Å². The summed E-state index contributed by atoms with van der Waals surface area (Å²) in [6.45, 7) is 0. The van der Waals surface area contributed by atoms with E-state index in [4.69, 9.17) is 32.7 Å². The molecule has 3 aromatic rings. The van der Waals surface area contributed by atoms with E-state index >= 15 is 0 Å². The standard InChI is InChI=1S/C15H8Cl2N2O3/c16-11-6-2-5-10(12(11)17)14-19-18-13(22-14)8-3-1-4-9(7-8)15(20)21/h1-7H,(H,20,21). The SMILES string of the molecule is O=C(O)c1cccc(-c2nnc(-c3cccc(Cl)c3Cl)o2)c1. The summed E-state index contributed by atoms with van der Waals surface area (Å²) in [5.41, 5.74) is 1.16. The first-order chi connectivity index (χ1) is 10.6. The highest BCUT2D eigenvalue weighted by atomic mass is 35.5. The summed E-state index contributed by atoms with van der Waals surface area (Å²) in [6.07, 6.45) is 0. The number of aromatic carboxylic acids is 1. The number of carboxylic acid groups (broad SMARTS) is 1. The molecule has 2 aromatic carbocycles. The van der Waals surface area contributed by atoms with Crippen molar-refractivity contribution in [1.82, 2.24) is 10.2 Å². The first-order valence-corrected chi connectivity index (χ1v) is 6.93. The van der Waals surface area contributed by atoms with Gasteiger partial charge in [-0.25, -0.2) is 4.79 Å². The van der Waals surface area contributed by atoms with Gasteiger partial charge >= 0.3 is 5.97 Å². The molecule has 22 heavy (non-hydrogen) atoms. The number of hydrogen-bond acceptors (Lipinski definition) is 4. The van der Waals surface area contributed by atoms with E-state index in [-0.39, 0.29) is 17.3 Å². The molecular weight excluding hydrogens is 327 g/mol. The molecule has 0 bridgehead atoms. The van der Waals surface area contributed by atoms with Crippen LogP contribution in [0.25, 0.3) is 22.9 Å². The highest BCUT2D eigenvalue weighted by Gasteiger charge is 2.15. The second-order valence-corrected chi connectivity index (χ2v) is 5.18. The van der Waals surface area contributed by atoms with Crippen LogP contribution in [0.3, 0.4) is 0 Å². The van der Waals surface area contributed by atoms with Gasteiger partial charge in [-0.05, 0) is 30.3 Å². The van der Waals surface area contributed by atoms with Gasteiger partial charge in [-0.15, -0.1) is 10.2 Å². The zero-order chi connectivity index (χ0) is 15.7. The molecule has 0 aliphatic carbocycles. The molecule has 0 saturated heterocycles. The summed E-state index contributed by atoms with van der Waals surface area (Å²) >= 11 is 12.1. The van der Waals surface area contributed by atoms with Gasteiger partial charge in [-0.3, -0.25) is 0 Å². The highest BCUT2D eigenvalue weighted by Crippen LogP contribution is 2.33. The second-order valence-electron chi connectivity index (χ2n) is 4.40. The van der Waals surface area contributed by atoms with Crippen molar-refractivity contribution in [2.24, 2.45) is 0 Å². The van der Waals surface area contributed by atoms with Crippen LogP contribution >= 0.6 is 23.2 Å². The Morgan fingerprint density at radius 2 is 1.77 bits per heavy atom. The molecule has 1 aromatic heterocycles. The maximum absolute atomic E-state index is 11.0. The first kappa shape index (κ1) is 14.6. The molecule has 0 aliphatic rings. The average molecular weight is 335 g/mol. The summed E-state index contributed by atoms with van der Waals surface area (Å²) in [5, 5.41) is 17.6. The van der Waals surface area contributed by atoms with Crippen molar-refractivity contribution in [3.8, 4) is 22.9 Å². The fraction of sp³-hybridized carbons (Fsp3) is 0. The Morgan fingerprint density at radius 3 is 2.55 bits per heavy atom. The third-order valence-corrected chi connectivity index (χ3v) is 3.78. The minimum atomic E-state index is -1.03. The van der Waals surface area contributed by atoms with E-state index in [0.717, 1.165) is 0 Å². The lowest BCUT2D eigenvalue weighted by atomic mass is 10.1. The van der Waals surface area contributed by atoms with Crippen LogP contribution in [0.1, 0.15) is 10.4 Å². The summed E-state index contributed by atoms with van der Waals surface area (Å²) in [6, 6.07) is 11.3. The highest BCUT2D eigenvalue weighted by molar-refractivity contribution is 6.43. The van der Waals surface area contributed by atoms with Crippen LogP contribution in [0.5, 0.6) is 0 Å². The molecule has 0 amide bonds. The molecule has 0 unspecified atom stereocenters. The molecule has 0 fully saturated rings. The minimum absolute atomic E-state index is 0.137. The molecule has 110 valence electrons. The summed E-state index contributed by atoms with van der Waals surface area (Å²) in [7, 11) is 0. The zero-order valence-corrected chi connectivity index (χ0v) is 12.5. The van der Waals surface area contributed by atoms with Crippen LogP contribution in [0.2, 0.25) is 10.0 Å². The van der Waals surface area contributed by atoms with Gasteiger partial charge in [0.1, 0.15) is 0 Å². The fourth-order valence-electron chi connectivity index (χ4n) is 1.90. The smallest absolute Gasteiger partial charge is 0.335 e. The number of halogens is 2. The molecule has 0 saturated carbocycles. The molecule has 1 heterocycles. The van der Waals surface area contributed by atoms with Gasteiger partial charge in [0.05, 0.1) is 21.2 Å². The predicted octanol–water partition coefficient (Wildman–Crippen LogP) is 4.41. The van der Waals surface area contributed by atoms with E-state index in [1.165, 1.54) is 12.1 Å². The van der Waals surface area contributed by atoms with Crippen molar-refractivity contribution in [3.63, 3.8) is 0 Å². The maximum atomic E-state index is 11.0. The van der Waals surface area contributed by atoms with Gasteiger partial charge in [0.2, 0.25) is 11.8 Å². The van der Waals surface area contributed by atoms with E-state index < -0.39 is 5.97 Å². The second kappa shape index (κ2) is 5.79. The minimum Gasteiger partial charge on any atom is -0.478 e.